The molecule has 0 unspecified atom stereocenters. The first-order valence-electron chi connectivity index (χ1n) is 8.25. The quantitative estimate of drug-likeness (QED) is 0.390. The number of ether oxygens (including phenoxy) is 1. The van der Waals surface area contributed by atoms with Crippen molar-refractivity contribution in [2.24, 2.45) is 0 Å². The van der Waals surface area contributed by atoms with Gasteiger partial charge in [0.1, 0.15) is 12.4 Å². The molecule has 2 aromatic carbocycles. The van der Waals surface area contributed by atoms with Crippen LogP contribution < -0.4 is 4.74 Å². The summed E-state index contributed by atoms with van der Waals surface area (Å²) in [5, 5.41) is 10.2. The predicted octanol–water partition coefficient (Wildman–Crippen LogP) is 5.30. The van der Waals surface area contributed by atoms with Crippen LogP contribution in [0.25, 0.3) is 0 Å². The Kier molecular flexibility index (Phi) is 6.36. The summed E-state index contributed by atoms with van der Waals surface area (Å²) >= 11 is 7.56. The third-order valence-electron chi connectivity index (χ3n) is 3.74. The number of hydrogen-bond donors (Lipinski definition) is 0. The standard InChI is InChI=1S/C20H20ClN3OS/c1-3-11-24-19(13-25-18-9-7-17(21)8-10-18)22-23-20(24)26-14-16-6-4-5-15(2)12-16/h3-10,12H,1,11,13-14H2,2H3. The molecule has 0 atom stereocenters. The summed E-state index contributed by atoms with van der Waals surface area (Å²) in [6.07, 6.45) is 1.84. The van der Waals surface area contributed by atoms with Crippen molar-refractivity contribution in [2.75, 3.05) is 0 Å². The van der Waals surface area contributed by atoms with E-state index in [1.807, 2.05) is 22.8 Å². The van der Waals surface area contributed by atoms with Gasteiger partial charge in [-0.25, -0.2) is 0 Å². The van der Waals surface area contributed by atoms with Gasteiger partial charge in [0.2, 0.25) is 0 Å². The lowest BCUT2D eigenvalue weighted by molar-refractivity contribution is 0.289. The van der Waals surface area contributed by atoms with Crippen LogP contribution in [-0.4, -0.2) is 14.8 Å². The lowest BCUT2D eigenvalue weighted by Crippen LogP contribution is -2.07. The van der Waals surface area contributed by atoms with E-state index in [4.69, 9.17) is 16.3 Å². The lowest BCUT2D eigenvalue weighted by atomic mass is 10.2. The molecule has 1 aromatic heterocycles. The molecule has 0 spiro atoms. The smallest absolute Gasteiger partial charge is 0.191 e. The largest absolute Gasteiger partial charge is 0.486 e. The Balaban J connectivity index is 1.68. The Bertz CT molecular complexity index is 877. The summed E-state index contributed by atoms with van der Waals surface area (Å²) in [4.78, 5) is 0. The molecule has 1 heterocycles. The minimum absolute atomic E-state index is 0.341. The Morgan fingerprint density at radius 1 is 1.19 bits per heavy atom. The maximum absolute atomic E-state index is 5.90. The molecule has 3 rings (SSSR count). The van der Waals surface area contributed by atoms with Crippen molar-refractivity contribution in [2.45, 2.75) is 31.0 Å². The number of aromatic nitrogens is 3. The highest BCUT2D eigenvalue weighted by Gasteiger charge is 2.12. The normalized spacial score (nSPS) is 10.7. The number of benzene rings is 2. The molecule has 4 nitrogen and oxygen atoms in total. The summed E-state index contributed by atoms with van der Waals surface area (Å²) in [7, 11) is 0. The van der Waals surface area contributed by atoms with Gasteiger partial charge in [-0.2, -0.15) is 0 Å². The predicted molar refractivity (Wildman–Crippen MR) is 107 cm³/mol. The van der Waals surface area contributed by atoms with Crippen molar-refractivity contribution < 1.29 is 4.74 Å². The number of halogens is 1. The SMILES string of the molecule is C=CCn1c(COc2ccc(Cl)cc2)nnc1SCc1cccc(C)c1. The fourth-order valence-corrected chi connectivity index (χ4v) is 3.51. The first-order chi connectivity index (χ1) is 12.7. The van der Waals surface area contributed by atoms with Crippen molar-refractivity contribution in [3.05, 3.63) is 83.2 Å². The molecular weight excluding hydrogens is 366 g/mol. The van der Waals surface area contributed by atoms with Crippen LogP contribution in [0.1, 0.15) is 17.0 Å². The Morgan fingerprint density at radius 2 is 2.00 bits per heavy atom. The molecule has 3 aromatic rings. The zero-order valence-electron chi connectivity index (χ0n) is 14.6. The highest BCUT2D eigenvalue weighted by Crippen LogP contribution is 2.23. The molecule has 26 heavy (non-hydrogen) atoms. The van der Waals surface area contributed by atoms with Gasteiger partial charge >= 0.3 is 0 Å². The van der Waals surface area contributed by atoms with E-state index in [9.17, 15) is 0 Å². The van der Waals surface area contributed by atoms with E-state index in [-0.39, 0.29) is 0 Å². The second kappa shape index (κ2) is 8.92. The number of aryl methyl sites for hydroxylation is 1. The molecule has 0 saturated heterocycles. The molecule has 0 saturated carbocycles. The van der Waals surface area contributed by atoms with Gasteiger partial charge in [-0.3, -0.25) is 4.57 Å². The zero-order chi connectivity index (χ0) is 18.4. The summed E-state index contributed by atoms with van der Waals surface area (Å²) < 4.78 is 7.83. The molecule has 134 valence electrons. The van der Waals surface area contributed by atoms with E-state index in [1.165, 1.54) is 11.1 Å². The highest BCUT2D eigenvalue weighted by molar-refractivity contribution is 7.98. The number of hydrogen-bond acceptors (Lipinski definition) is 4. The average molecular weight is 386 g/mol. The Hall–Kier alpha value is -2.24. The van der Waals surface area contributed by atoms with Crippen LogP contribution in [0.3, 0.4) is 0 Å². The van der Waals surface area contributed by atoms with Crippen LogP contribution in [0, 0.1) is 6.92 Å². The van der Waals surface area contributed by atoms with Crippen molar-refractivity contribution in [1.29, 1.82) is 0 Å². The molecule has 0 bridgehead atoms. The summed E-state index contributed by atoms with van der Waals surface area (Å²) in [6, 6.07) is 15.8. The molecule has 0 radical (unpaired) electrons. The first kappa shape index (κ1) is 18.5. The van der Waals surface area contributed by atoms with Crippen molar-refractivity contribution >= 4 is 23.4 Å². The molecule has 0 N–H and O–H groups in total. The molecule has 0 amide bonds. The topological polar surface area (TPSA) is 39.9 Å². The molecule has 0 aliphatic heterocycles. The fourth-order valence-electron chi connectivity index (χ4n) is 2.47. The third-order valence-corrected chi connectivity index (χ3v) is 5.03. The maximum Gasteiger partial charge on any atom is 0.191 e. The van der Waals surface area contributed by atoms with Crippen LogP contribution in [0.2, 0.25) is 5.02 Å². The second-order valence-electron chi connectivity index (χ2n) is 5.82. The Morgan fingerprint density at radius 3 is 2.73 bits per heavy atom. The molecule has 0 fully saturated rings. The fraction of sp³-hybridized carbons (Fsp3) is 0.200. The number of allylic oxidation sites excluding steroid dienone is 1. The van der Waals surface area contributed by atoms with Gasteiger partial charge in [0, 0.05) is 17.3 Å². The van der Waals surface area contributed by atoms with Crippen molar-refractivity contribution in [1.82, 2.24) is 14.8 Å². The zero-order valence-corrected chi connectivity index (χ0v) is 16.1. The minimum Gasteiger partial charge on any atom is -0.486 e. The van der Waals surface area contributed by atoms with Crippen LogP contribution in [0.15, 0.2) is 66.3 Å². The summed E-state index contributed by atoms with van der Waals surface area (Å²) in [6.45, 7) is 6.91. The number of thioether (sulfide) groups is 1. The van der Waals surface area contributed by atoms with E-state index in [0.717, 1.165) is 22.5 Å². The monoisotopic (exact) mass is 385 g/mol. The van der Waals surface area contributed by atoms with Gasteiger partial charge in [0.25, 0.3) is 0 Å². The van der Waals surface area contributed by atoms with E-state index in [0.29, 0.717) is 18.2 Å². The average Bonchev–Trinajstić information content (AvgIpc) is 3.02. The van der Waals surface area contributed by atoms with E-state index >= 15 is 0 Å². The van der Waals surface area contributed by atoms with Gasteiger partial charge < -0.3 is 4.74 Å². The van der Waals surface area contributed by atoms with E-state index < -0.39 is 0 Å². The maximum atomic E-state index is 5.90. The Labute approximate surface area is 162 Å². The summed E-state index contributed by atoms with van der Waals surface area (Å²) in [5.74, 6) is 2.36. The minimum atomic E-state index is 0.341. The van der Waals surface area contributed by atoms with Crippen LogP contribution in [-0.2, 0) is 18.9 Å². The van der Waals surface area contributed by atoms with E-state index in [1.54, 1.807) is 23.9 Å². The van der Waals surface area contributed by atoms with Gasteiger partial charge in [0.05, 0.1) is 0 Å². The van der Waals surface area contributed by atoms with Crippen LogP contribution in [0.4, 0.5) is 0 Å². The van der Waals surface area contributed by atoms with E-state index in [2.05, 4.69) is 48.0 Å². The molecule has 6 heteroatoms. The highest BCUT2D eigenvalue weighted by atomic mass is 35.5. The first-order valence-corrected chi connectivity index (χ1v) is 9.62. The van der Waals surface area contributed by atoms with Crippen LogP contribution in [0.5, 0.6) is 5.75 Å². The molecule has 0 aliphatic carbocycles. The second-order valence-corrected chi connectivity index (χ2v) is 7.20. The molecule has 0 aliphatic rings. The van der Waals surface area contributed by atoms with Gasteiger partial charge in [-0.15, -0.1) is 16.8 Å². The number of rotatable bonds is 8. The van der Waals surface area contributed by atoms with Crippen molar-refractivity contribution in [3.8, 4) is 5.75 Å². The van der Waals surface area contributed by atoms with Gasteiger partial charge in [-0.1, -0.05) is 59.3 Å². The summed E-state index contributed by atoms with van der Waals surface area (Å²) in [5.41, 5.74) is 2.52. The lowest BCUT2D eigenvalue weighted by Gasteiger charge is -2.09. The van der Waals surface area contributed by atoms with Gasteiger partial charge in [0.15, 0.2) is 11.0 Å². The van der Waals surface area contributed by atoms with Crippen LogP contribution >= 0.6 is 23.4 Å². The van der Waals surface area contributed by atoms with Gasteiger partial charge in [-0.05, 0) is 36.8 Å². The number of nitrogens with zero attached hydrogens (tertiary/aromatic N) is 3. The molecular formula is C20H20ClN3OS. The third kappa shape index (κ3) is 4.90. The van der Waals surface area contributed by atoms with Crippen molar-refractivity contribution in [3.63, 3.8) is 0 Å².